The standard InChI is InChI=1S/C27H30Cl2N2O4S2/c1-3-35-15-4-13-30(37(33,34)25-17-21(28)9-10-23(25)29)18-26(32)31-14-11-24-22(12-16-36-24)27(31)20-7-5-19(2)6-8-20/h5-10,12,16-17,27H,3-4,11,13-15,18H2,1-2H3. The highest BCUT2D eigenvalue weighted by atomic mass is 35.5. The lowest BCUT2D eigenvalue weighted by molar-refractivity contribution is -0.133. The van der Waals surface area contributed by atoms with E-state index in [1.165, 1.54) is 27.4 Å². The third-order valence-corrected chi connectivity index (χ3v) is 9.96. The van der Waals surface area contributed by atoms with Crippen LogP contribution in [0.2, 0.25) is 10.0 Å². The summed E-state index contributed by atoms with van der Waals surface area (Å²) in [5, 5.41) is 2.36. The van der Waals surface area contributed by atoms with Crippen molar-refractivity contribution in [2.75, 3.05) is 32.8 Å². The molecule has 1 aliphatic rings. The lowest BCUT2D eigenvalue weighted by Crippen LogP contribution is -2.47. The molecule has 0 radical (unpaired) electrons. The number of hydrogen-bond acceptors (Lipinski definition) is 5. The molecule has 6 nitrogen and oxygen atoms in total. The Balaban J connectivity index is 1.65. The molecule has 0 spiro atoms. The zero-order chi connectivity index (χ0) is 26.6. The first kappa shape index (κ1) is 28.1. The molecular formula is C27H30Cl2N2O4S2. The van der Waals surface area contributed by atoms with Crippen molar-refractivity contribution in [3.63, 3.8) is 0 Å². The topological polar surface area (TPSA) is 66.9 Å². The molecule has 0 aliphatic carbocycles. The smallest absolute Gasteiger partial charge is 0.245 e. The second-order valence-corrected chi connectivity index (χ2v) is 12.7. The fraction of sp³-hybridized carbons (Fsp3) is 0.370. The Morgan fingerprint density at radius 2 is 1.92 bits per heavy atom. The van der Waals surface area contributed by atoms with Gasteiger partial charge in [-0.1, -0.05) is 53.0 Å². The van der Waals surface area contributed by atoms with Crippen LogP contribution >= 0.6 is 34.5 Å². The van der Waals surface area contributed by atoms with Crippen LogP contribution in [0.25, 0.3) is 0 Å². The van der Waals surface area contributed by atoms with Gasteiger partial charge in [-0.15, -0.1) is 11.3 Å². The van der Waals surface area contributed by atoms with E-state index in [0.717, 1.165) is 23.1 Å². The summed E-state index contributed by atoms with van der Waals surface area (Å²) in [5.74, 6) is -0.263. The van der Waals surface area contributed by atoms with Gasteiger partial charge in [-0.05, 0) is 67.5 Å². The van der Waals surface area contributed by atoms with E-state index in [1.54, 1.807) is 16.2 Å². The van der Waals surface area contributed by atoms with Gasteiger partial charge in [0, 0.05) is 36.2 Å². The second-order valence-electron chi connectivity index (χ2n) is 8.91. The predicted octanol–water partition coefficient (Wildman–Crippen LogP) is 5.95. The van der Waals surface area contributed by atoms with E-state index in [2.05, 4.69) is 6.07 Å². The molecule has 0 N–H and O–H groups in total. The van der Waals surface area contributed by atoms with Gasteiger partial charge in [0.25, 0.3) is 0 Å². The van der Waals surface area contributed by atoms with E-state index < -0.39 is 10.0 Å². The first-order valence-corrected chi connectivity index (χ1v) is 15.2. The van der Waals surface area contributed by atoms with Crippen LogP contribution < -0.4 is 0 Å². The maximum absolute atomic E-state index is 13.8. The third-order valence-electron chi connectivity index (χ3n) is 6.40. The molecule has 10 heteroatoms. The van der Waals surface area contributed by atoms with Gasteiger partial charge in [0.1, 0.15) is 4.90 Å². The Morgan fingerprint density at radius 1 is 1.16 bits per heavy atom. The van der Waals surface area contributed by atoms with E-state index in [1.807, 2.05) is 43.5 Å². The molecule has 37 heavy (non-hydrogen) atoms. The van der Waals surface area contributed by atoms with E-state index in [4.69, 9.17) is 27.9 Å². The highest BCUT2D eigenvalue weighted by Gasteiger charge is 2.36. The van der Waals surface area contributed by atoms with E-state index >= 15 is 0 Å². The van der Waals surface area contributed by atoms with Crippen LogP contribution in [0.3, 0.4) is 0 Å². The summed E-state index contributed by atoms with van der Waals surface area (Å²) in [4.78, 5) is 16.8. The van der Waals surface area contributed by atoms with Gasteiger partial charge in [-0.2, -0.15) is 4.31 Å². The van der Waals surface area contributed by atoms with Crippen LogP contribution in [0.1, 0.15) is 41.0 Å². The summed E-state index contributed by atoms with van der Waals surface area (Å²) in [7, 11) is -4.10. The van der Waals surface area contributed by atoms with Gasteiger partial charge in [0.2, 0.25) is 15.9 Å². The first-order chi connectivity index (χ1) is 17.7. The minimum atomic E-state index is -4.10. The number of nitrogens with zero attached hydrogens (tertiary/aromatic N) is 2. The maximum atomic E-state index is 13.8. The van der Waals surface area contributed by atoms with Crippen molar-refractivity contribution in [1.29, 1.82) is 0 Å². The van der Waals surface area contributed by atoms with Crippen molar-refractivity contribution < 1.29 is 17.9 Å². The van der Waals surface area contributed by atoms with Crippen molar-refractivity contribution in [2.24, 2.45) is 0 Å². The van der Waals surface area contributed by atoms with Gasteiger partial charge >= 0.3 is 0 Å². The lowest BCUT2D eigenvalue weighted by atomic mass is 9.92. The molecule has 0 saturated heterocycles. The largest absolute Gasteiger partial charge is 0.382 e. The van der Waals surface area contributed by atoms with Crippen molar-refractivity contribution in [3.8, 4) is 0 Å². The van der Waals surface area contributed by atoms with Crippen molar-refractivity contribution in [2.45, 2.75) is 37.6 Å². The molecule has 2 aromatic carbocycles. The molecule has 1 amide bonds. The quantitative estimate of drug-likeness (QED) is 0.278. The molecule has 2 heterocycles. The van der Waals surface area contributed by atoms with Crippen molar-refractivity contribution in [1.82, 2.24) is 9.21 Å². The van der Waals surface area contributed by atoms with Gasteiger partial charge in [-0.25, -0.2) is 8.42 Å². The summed E-state index contributed by atoms with van der Waals surface area (Å²) >= 11 is 14.1. The second kappa shape index (κ2) is 12.3. The lowest BCUT2D eigenvalue weighted by Gasteiger charge is -2.37. The van der Waals surface area contributed by atoms with Crippen LogP contribution in [0.4, 0.5) is 0 Å². The number of hydrogen-bond donors (Lipinski definition) is 0. The number of aryl methyl sites for hydroxylation is 1. The van der Waals surface area contributed by atoms with Crippen molar-refractivity contribution in [3.05, 3.63) is 85.5 Å². The molecule has 198 valence electrons. The normalized spacial score (nSPS) is 15.7. The summed E-state index contributed by atoms with van der Waals surface area (Å²) in [6.45, 7) is 5.13. The first-order valence-electron chi connectivity index (χ1n) is 12.2. The van der Waals surface area contributed by atoms with Crippen LogP contribution in [-0.4, -0.2) is 56.4 Å². The average molecular weight is 582 g/mol. The zero-order valence-electron chi connectivity index (χ0n) is 20.8. The molecule has 1 aliphatic heterocycles. The Labute approximate surface area is 232 Å². The average Bonchev–Trinajstić information content (AvgIpc) is 3.36. The Kier molecular flexibility index (Phi) is 9.32. The molecule has 1 aromatic heterocycles. The molecular weight excluding hydrogens is 551 g/mol. The molecule has 0 saturated carbocycles. The number of rotatable bonds is 10. The molecule has 1 atom stereocenters. The fourth-order valence-electron chi connectivity index (χ4n) is 4.52. The van der Waals surface area contributed by atoms with Gasteiger partial charge in [-0.3, -0.25) is 4.79 Å². The number of sulfonamides is 1. The SMILES string of the molecule is CCOCCCN(CC(=O)N1CCc2sccc2C1c1ccc(C)cc1)S(=O)(=O)c1cc(Cl)ccc1Cl. The number of halogens is 2. The fourth-order valence-corrected chi connectivity index (χ4v) is 7.59. The monoisotopic (exact) mass is 580 g/mol. The number of fused-ring (bicyclic) bond motifs is 1. The maximum Gasteiger partial charge on any atom is 0.245 e. The number of thiophene rings is 1. The Bertz CT molecular complexity index is 1340. The third kappa shape index (κ3) is 6.38. The van der Waals surface area contributed by atoms with E-state index in [0.29, 0.717) is 26.2 Å². The summed E-state index contributed by atoms with van der Waals surface area (Å²) in [5.41, 5.74) is 3.23. The number of carbonyl (C=O) groups is 1. The van der Waals surface area contributed by atoms with Gasteiger partial charge in [0.15, 0.2) is 0 Å². The summed E-state index contributed by atoms with van der Waals surface area (Å²) in [6, 6.07) is 14.2. The van der Waals surface area contributed by atoms with E-state index in [9.17, 15) is 13.2 Å². The van der Waals surface area contributed by atoms with Crippen LogP contribution in [-0.2, 0) is 26.0 Å². The zero-order valence-corrected chi connectivity index (χ0v) is 24.0. The van der Waals surface area contributed by atoms with Gasteiger partial charge in [0.05, 0.1) is 17.6 Å². The minimum absolute atomic E-state index is 0.0603. The number of benzene rings is 2. The highest BCUT2D eigenvalue weighted by molar-refractivity contribution is 7.89. The number of amides is 1. The number of carbonyl (C=O) groups excluding carboxylic acids is 1. The molecule has 1 unspecified atom stereocenters. The Hall–Kier alpha value is -1.94. The highest BCUT2D eigenvalue weighted by Crippen LogP contribution is 2.38. The summed E-state index contributed by atoms with van der Waals surface area (Å²) in [6.07, 6.45) is 1.17. The van der Waals surface area contributed by atoms with Crippen LogP contribution in [0, 0.1) is 6.92 Å². The van der Waals surface area contributed by atoms with Gasteiger partial charge < -0.3 is 9.64 Å². The molecule has 3 aromatic rings. The van der Waals surface area contributed by atoms with E-state index in [-0.39, 0.29) is 40.0 Å². The predicted molar refractivity (Wildman–Crippen MR) is 149 cm³/mol. The Morgan fingerprint density at radius 3 is 2.65 bits per heavy atom. The summed E-state index contributed by atoms with van der Waals surface area (Å²) < 4.78 is 34.0. The van der Waals surface area contributed by atoms with Crippen molar-refractivity contribution >= 4 is 50.5 Å². The van der Waals surface area contributed by atoms with Crippen LogP contribution in [0.5, 0.6) is 0 Å². The number of ether oxygens (including phenoxy) is 1. The molecule has 0 bridgehead atoms. The minimum Gasteiger partial charge on any atom is -0.382 e. The molecule has 4 rings (SSSR count). The molecule has 0 fully saturated rings. The van der Waals surface area contributed by atoms with Crippen LogP contribution in [0.15, 0.2) is 58.8 Å².